The molecule has 0 unspecified atom stereocenters. The van der Waals surface area contributed by atoms with Crippen molar-refractivity contribution in [1.29, 1.82) is 0 Å². The van der Waals surface area contributed by atoms with E-state index in [0.717, 1.165) is 5.56 Å². The van der Waals surface area contributed by atoms with Crippen LogP contribution in [0.2, 0.25) is 5.15 Å². The molecule has 90 valence electrons. The molecular weight excluding hydrogens is 250 g/mol. The molecule has 0 fully saturated rings. The number of anilines is 1. The third-order valence-corrected chi connectivity index (χ3v) is 2.32. The minimum absolute atomic E-state index is 0.247. The number of halogens is 1. The molecule has 4 nitrogen and oxygen atoms in total. The van der Waals surface area contributed by atoms with E-state index in [-0.39, 0.29) is 5.91 Å². The second-order valence-electron chi connectivity index (χ2n) is 3.45. The van der Waals surface area contributed by atoms with E-state index in [1.165, 1.54) is 6.08 Å². The first-order valence-corrected chi connectivity index (χ1v) is 5.63. The van der Waals surface area contributed by atoms with Crippen LogP contribution >= 0.6 is 11.6 Å². The molecule has 0 aromatic carbocycles. The standard InChI is InChI=1S/C13H10ClN3O/c14-11-6-4-10(9-16-11)5-7-13(18)17-12-3-1-2-8-15-12/h1-9H,(H,15,17,18)/b7-5+. The first-order valence-electron chi connectivity index (χ1n) is 5.26. The highest BCUT2D eigenvalue weighted by atomic mass is 35.5. The summed E-state index contributed by atoms with van der Waals surface area (Å²) in [4.78, 5) is 19.5. The Morgan fingerprint density at radius 3 is 2.78 bits per heavy atom. The largest absolute Gasteiger partial charge is 0.307 e. The first-order chi connectivity index (χ1) is 8.74. The summed E-state index contributed by atoms with van der Waals surface area (Å²) in [5.41, 5.74) is 0.801. The fourth-order valence-electron chi connectivity index (χ4n) is 1.26. The van der Waals surface area contributed by atoms with E-state index >= 15 is 0 Å². The van der Waals surface area contributed by atoms with Gasteiger partial charge in [0.05, 0.1) is 0 Å². The van der Waals surface area contributed by atoms with Crippen molar-refractivity contribution in [3.05, 3.63) is 59.5 Å². The zero-order valence-electron chi connectivity index (χ0n) is 9.38. The van der Waals surface area contributed by atoms with Crippen molar-refractivity contribution in [2.75, 3.05) is 5.32 Å². The van der Waals surface area contributed by atoms with Gasteiger partial charge in [-0.2, -0.15) is 0 Å². The van der Waals surface area contributed by atoms with Gasteiger partial charge in [0.25, 0.3) is 0 Å². The fraction of sp³-hybridized carbons (Fsp3) is 0. The Bertz CT molecular complexity index is 552. The lowest BCUT2D eigenvalue weighted by atomic mass is 10.2. The highest BCUT2D eigenvalue weighted by Gasteiger charge is 1.97. The lowest BCUT2D eigenvalue weighted by Gasteiger charge is -1.99. The molecule has 0 aliphatic heterocycles. The second kappa shape index (κ2) is 5.93. The van der Waals surface area contributed by atoms with Crippen LogP contribution in [-0.2, 0) is 4.79 Å². The number of nitrogens with one attached hydrogen (secondary N) is 1. The molecule has 2 aromatic rings. The summed E-state index contributed by atoms with van der Waals surface area (Å²) in [6.07, 6.45) is 6.27. The molecule has 0 bridgehead atoms. The summed E-state index contributed by atoms with van der Waals surface area (Å²) < 4.78 is 0. The van der Waals surface area contributed by atoms with Crippen molar-refractivity contribution in [2.24, 2.45) is 0 Å². The third-order valence-electron chi connectivity index (χ3n) is 2.09. The average molecular weight is 260 g/mol. The Morgan fingerprint density at radius 1 is 1.22 bits per heavy atom. The van der Waals surface area contributed by atoms with Gasteiger partial charge in [-0.15, -0.1) is 0 Å². The van der Waals surface area contributed by atoms with Crippen LogP contribution in [0.25, 0.3) is 6.08 Å². The zero-order valence-corrected chi connectivity index (χ0v) is 10.1. The maximum Gasteiger partial charge on any atom is 0.249 e. The van der Waals surface area contributed by atoms with Gasteiger partial charge in [-0.1, -0.05) is 23.7 Å². The van der Waals surface area contributed by atoms with Gasteiger partial charge in [-0.05, 0) is 29.8 Å². The van der Waals surface area contributed by atoms with E-state index in [9.17, 15) is 4.79 Å². The number of hydrogen-bond donors (Lipinski definition) is 1. The van der Waals surface area contributed by atoms with Gasteiger partial charge in [-0.3, -0.25) is 4.79 Å². The smallest absolute Gasteiger partial charge is 0.249 e. The number of rotatable bonds is 3. The van der Waals surface area contributed by atoms with Crippen LogP contribution in [0.1, 0.15) is 5.56 Å². The maximum absolute atomic E-state index is 11.6. The van der Waals surface area contributed by atoms with Crippen molar-refractivity contribution in [2.45, 2.75) is 0 Å². The van der Waals surface area contributed by atoms with E-state index < -0.39 is 0 Å². The summed E-state index contributed by atoms with van der Waals surface area (Å²) in [5, 5.41) is 3.06. The maximum atomic E-state index is 11.6. The topological polar surface area (TPSA) is 54.9 Å². The van der Waals surface area contributed by atoms with Crippen LogP contribution in [-0.4, -0.2) is 15.9 Å². The highest BCUT2D eigenvalue weighted by Crippen LogP contribution is 2.07. The molecule has 0 saturated carbocycles. The third kappa shape index (κ3) is 3.68. The predicted octanol–water partition coefficient (Wildman–Crippen LogP) is 2.78. The van der Waals surface area contributed by atoms with E-state index in [1.807, 2.05) is 0 Å². The Balaban J connectivity index is 1.97. The summed E-state index contributed by atoms with van der Waals surface area (Å²) >= 11 is 5.66. The number of amides is 1. The summed E-state index contributed by atoms with van der Waals surface area (Å²) in [6, 6.07) is 8.74. The number of nitrogens with zero attached hydrogens (tertiary/aromatic N) is 2. The van der Waals surface area contributed by atoms with Crippen LogP contribution in [0.5, 0.6) is 0 Å². The molecule has 2 rings (SSSR count). The van der Waals surface area contributed by atoms with Crippen LogP contribution < -0.4 is 5.32 Å². The molecule has 0 spiro atoms. The zero-order chi connectivity index (χ0) is 12.8. The summed E-state index contributed by atoms with van der Waals surface area (Å²) in [5.74, 6) is 0.269. The molecule has 2 aromatic heterocycles. The molecule has 1 amide bonds. The normalized spacial score (nSPS) is 10.5. The van der Waals surface area contributed by atoms with Crippen molar-refractivity contribution in [1.82, 2.24) is 9.97 Å². The van der Waals surface area contributed by atoms with E-state index in [2.05, 4.69) is 15.3 Å². The van der Waals surface area contributed by atoms with E-state index in [1.54, 1.807) is 48.8 Å². The van der Waals surface area contributed by atoms with Crippen molar-refractivity contribution in [3.63, 3.8) is 0 Å². The summed E-state index contributed by atoms with van der Waals surface area (Å²) in [7, 11) is 0. The van der Waals surface area contributed by atoms with E-state index in [4.69, 9.17) is 11.6 Å². The Hall–Kier alpha value is -2.20. The van der Waals surface area contributed by atoms with Crippen LogP contribution in [0.3, 0.4) is 0 Å². The van der Waals surface area contributed by atoms with Gasteiger partial charge >= 0.3 is 0 Å². The van der Waals surface area contributed by atoms with Gasteiger partial charge < -0.3 is 5.32 Å². The van der Waals surface area contributed by atoms with Crippen LogP contribution in [0.4, 0.5) is 5.82 Å². The lowest BCUT2D eigenvalue weighted by Crippen LogP contribution is -2.08. The molecular formula is C13H10ClN3O. The molecule has 1 N–H and O–H groups in total. The van der Waals surface area contributed by atoms with Gasteiger partial charge in [0.2, 0.25) is 5.91 Å². The molecule has 0 aliphatic rings. The van der Waals surface area contributed by atoms with Gasteiger partial charge in [0.15, 0.2) is 0 Å². The highest BCUT2D eigenvalue weighted by molar-refractivity contribution is 6.29. The molecule has 2 heterocycles. The van der Waals surface area contributed by atoms with Crippen LogP contribution in [0, 0.1) is 0 Å². The summed E-state index contributed by atoms with van der Waals surface area (Å²) in [6.45, 7) is 0. The number of carbonyl (C=O) groups is 1. The minimum Gasteiger partial charge on any atom is -0.307 e. The van der Waals surface area contributed by atoms with Gasteiger partial charge in [0, 0.05) is 18.5 Å². The number of hydrogen-bond acceptors (Lipinski definition) is 3. The first kappa shape index (κ1) is 12.3. The monoisotopic (exact) mass is 259 g/mol. The molecule has 0 saturated heterocycles. The lowest BCUT2D eigenvalue weighted by molar-refractivity contribution is -0.111. The van der Waals surface area contributed by atoms with Crippen molar-refractivity contribution >= 4 is 29.4 Å². The number of aromatic nitrogens is 2. The van der Waals surface area contributed by atoms with Crippen LogP contribution in [0.15, 0.2) is 48.8 Å². The number of carbonyl (C=O) groups excluding carboxylic acids is 1. The van der Waals surface area contributed by atoms with E-state index in [0.29, 0.717) is 11.0 Å². The van der Waals surface area contributed by atoms with Crippen molar-refractivity contribution < 1.29 is 4.79 Å². The SMILES string of the molecule is O=C(/C=C/c1ccc(Cl)nc1)Nc1ccccn1. The Kier molecular flexibility index (Phi) is 4.04. The molecule has 0 aliphatic carbocycles. The Morgan fingerprint density at radius 2 is 2.11 bits per heavy atom. The molecule has 0 radical (unpaired) electrons. The van der Waals surface area contributed by atoms with Crippen molar-refractivity contribution in [3.8, 4) is 0 Å². The second-order valence-corrected chi connectivity index (χ2v) is 3.84. The number of pyridine rings is 2. The fourth-order valence-corrected chi connectivity index (χ4v) is 1.37. The van der Waals surface area contributed by atoms with Gasteiger partial charge in [-0.25, -0.2) is 9.97 Å². The molecule has 5 heteroatoms. The molecule has 18 heavy (non-hydrogen) atoms. The Labute approximate surface area is 109 Å². The predicted molar refractivity (Wildman–Crippen MR) is 71.1 cm³/mol. The molecule has 0 atom stereocenters. The quantitative estimate of drug-likeness (QED) is 0.681. The van der Waals surface area contributed by atoms with Gasteiger partial charge in [0.1, 0.15) is 11.0 Å². The average Bonchev–Trinajstić information content (AvgIpc) is 2.39. The minimum atomic E-state index is -0.247.